The summed E-state index contributed by atoms with van der Waals surface area (Å²) in [5.74, 6) is -0.309. The molecule has 0 saturated carbocycles. The van der Waals surface area contributed by atoms with Crippen LogP contribution in [0.15, 0.2) is 65.6 Å². The zero-order valence-electron chi connectivity index (χ0n) is 13.2. The van der Waals surface area contributed by atoms with E-state index in [1.807, 2.05) is 18.2 Å². The van der Waals surface area contributed by atoms with Crippen LogP contribution in [0.5, 0.6) is 0 Å². The molecule has 3 nitrogen and oxygen atoms in total. The quantitative estimate of drug-likeness (QED) is 0.355. The van der Waals surface area contributed by atoms with E-state index in [1.54, 1.807) is 36.3 Å². The molecule has 122 valence electrons. The molecular formula is C19H17NO2S2. The molecule has 0 unspecified atom stereocenters. The first-order chi connectivity index (χ1) is 11.7. The molecule has 0 aliphatic heterocycles. The summed E-state index contributed by atoms with van der Waals surface area (Å²) in [6.07, 6.45) is 3.27. The fourth-order valence-electron chi connectivity index (χ4n) is 2.16. The summed E-state index contributed by atoms with van der Waals surface area (Å²) in [7, 11) is 0. The number of esters is 1. The second-order valence-electron chi connectivity index (χ2n) is 5.00. The van der Waals surface area contributed by atoms with E-state index in [0.717, 1.165) is 16.0 Å². The van der Waals surface area contributed by atoms with Crippen LogP contribution >= 0.6 is 23.3 Å². The summed E-state index contributed by atoms with van der Waals surface area (Å²) in [4.78, 5) is 13.6. The van der Waals surface area contributed by atoms with Gasteiger partial charge in [-0.15, -0.1) is 11.3 Å². The van der Waals surface area contributed by atoms with Crippen LogP contribution < -0.4 is 4.72 Å². The predicted molar refractivity (Wildman–Crippen MR) is 103 cm³/mol. The molecule has 1 N–H and O–H groups in total. The Morgan fingerprint density at radius 2 is 2.04 bits per heavy atom. The van der Waals surface area contributed by atoms with Gasteiger partial charge in [0.2, 0.25) is 0 Å². The van der Waals surface area contributed by atoms with Crippen LogP contribution in [0, 0.1) is 0 Å². The van der Waals surface area contributed by atoms with Crippen LogP contribution in [-0.4, -0.2) is 12.6 Å². The number of benzene rings is 2. The lowest BCUT2D eigenvalue weighted by Gasteiger charge is -2.05. The Labute approximate surface area is 149 Å². The Kier molecular flexibility index (Phi) is 5.56. The second-order valence-corrected chi connectivity index (χ2v) is 7.00. The highest BCUT2D eigenvalue weighted by molar-refractivity contribution is 8.00. The Morgan fingerprint density at radius 3 is 2.83 bits per heavy atom. The van der Waals surface area contributed by atoms with Gasteiger partial charge in [0.05, 0.1) is 6.61 Å². The van der Waals surface area contributed by atoms with Crippen molar-refractivity contribution in [2.75, 3.05) is 11.3 Å². The molecule has 24 heavy (non-hydrogen) atoms. The molecular weight excluding hydrogens is 338 g/mol. The first-order valence-corrected chi connectivity index (χ1v) is 9.24. The monoisotopic (exact) mass is 355 g/mol. The van der Waals surface area contributed by atoms with Gasteiger partial charge in [0.15, 0.2) is 0 Å². The summed E-state index contributed by atoms with van der Waals surface area (Å²) in [6, 6.07) is 18.5. The van der Waals surface area contributed by atoms with Crippen molar-refractivity contribution in [2.45, 2.75) is 11.8 Å². The van der Waals surface area contributed by atoms with Crippen LogP contribution in [0.2, 0.25) is 0 Å². The van der Waals surface area contributed by atoms with Crippen molar-refractivity contribution in [3.8, 4) is 0 Å². The fourth-order valence-corrected chi connectivity index (χ4v) is 3.76. The lowest BCUT2D eigenvalue weighted by Crippen LogP contribution is -1.98. The third-order valence-electron chi connectivity index (χ3n) is 3.24. The smallest absolute Gasteiger partial charge is 0.330 e. The van der Waals surface area contributed by atoms with Crippen LogP contribution in [0.4, 0.5) is 5.69 Å². The summed E-state index contributed by atoms with van der Waals surface area (Å²) in [6.45, 7) is 2.19. The van der Waals surface area contributed by atoms with Crippen molar-refractivity contribution >= 4 is 51.1 Å². The van der Waals surface area contributed by atoms with Gasteiger partial charge in [-0.1, -0.05) is 18.2 Å². The zero-order valence-corrected chi connectivity index (χ0v) is 14.8. The molecule has 0 amide bonds. The summed E-state index contributed by atoms with van der Waals surface area (Å²) in [5.41, 5.74) is 1.05. The SMILES string of the molecule is CCOC(=O)/C=C/c1cc2cc(NSc3ccccc3)ccc2s1. The van der Waals surface area contributed by atoms with E-state index >= 15 is 0 Å². The van der Waals surface area contributed by atoms with Crippen molar-refractivity contribution in [1.29, 1.82) is 0 Å². The van der Waals surface area contributed by atoms with Crippen molar-refractivity contribution < 1.29 is 9.53 Å². The molecule has 2 aromatic carbocycles. The molecule has 3 aromatic rings. The molecule has 0 atom stereocenters. The second kappa shape index (κ2) is 8.04. The number of carbonyl (C=O) groups excluding carboxylic acids is 1. The third-order valence-corrected chi connectivity index (χ3v) is 5.16. The van der Waals surface area contributed by atoms with Crippen LogP contribution in [0.1, 0.15) is 11.8 Å². The number of hydrogen-bond donors (Lipinski definition) is 1. The number of hydrogen-bond acceptors (Lipinski definition) is 5. The number of carbonyl (C=O) groups is 1. The van der Waals surface area contributed by atoms with E-state index in [2.05, 4.69) is 41.1 Å². The molecule has 0 aliphatic carbocycles. The highest BCUT2D eigenvalue weighted by Crippen LogP contribution is 2.30. The van der Waals surface area contributed by atoms with Crippen LogP contribution in [0.25, 0.3) is 16.2 Å². The minimum Gasteiger partial charge on any atom is -0.463 e. The Balaban J connectivity index is 1.70. The summed E-state index contributed by atoms with van der Waals surface area (Å²) < 4.78 is 9.44. The Morgan fingerprint density at radius 1 is 1.21 bits per heavy atom. The molecule has 0 bridgehead atoms. The molecule has 1 aromatic heterocycles. The molecule has 1 heterocycles. The first kappa shape index (κ1) is 16.6. The predicted octanol–water partition coefficient (Wildman–Crippen LogP) is 5.60. The van der Waals surface area contributed by atoms with Crippen LogP contribution in [0.3, 0.4) is 0 Å². The number of rotatable bonds is 6. The van der Waals surface area contributed by atoms with Crippen molar-refractivity contribution in [1.82, 2.24) is 0 Å². The average molecular weight is 355 g/mol. The van der Waals surface area contributed by atoms with Gasteiger partial charge in [-0.3, -0.25) is 0 Å². The van der Waals surface area contributed by atoms with Gasteiger partial charge in [0.25, 0.3) is 0 Å². The normalized spacial score (nSPS) is 11.0. The van der Waals surface area contributed by atoms with E-state index in [1.165, 1.54) is 15.7 Å². The highest BCUT2D eigenvalue weighted by atomic mass is 32.2. The molecule has 0 saturated heterocycles. The lowest BCUT2D eigenvalue weighted by molar-refractivity contribution is -0.137. The number of ether oxygens (including phenoxy) is 1. The number of fused-ring (bicyclic) bond motifs is 1. The lowest BCUT2D eigenvalue weighted by atomic mass is 10.2. The fraction of sp³-hybridized carbons (Fsp3) is 0.105. The number of anilines is 1. The summed E-state index contributed by atoms with van der Waals surface area (Å²) >= 11 is 3.24. The first-order valence-electron chi connectivity index (χ1n) is 7.61. The zero-order chi connectivity index (χ0) is 16.8. The van der Waals surface area contributed by atoms with Crippen LogP contribution in [-0.2, 0) is 9.53 Å². The maximum absolute atomic E-state index is 11.4. The number of thiophene rings is 1. The van der Waals surface area contributed by atoms with Gasteiger partial charge < -0.3 is 9.46 Å². The maximum Gasteiger partial charge on any atom is 0.330 e. The minimum atomic E-state index is -0.309. The molecule has 0 aliphatic rings. The van der Waals surface area contributed by atoms with Gasteiger partial charge in [-0.2, -0.15) is 0 Å². The topological polar surface area (TPSA) is 38.3 Å². The molecule has 0 spiro atoms. The van der Waals surface area contributed by atoms with E-state index in [9.17, 15) is 4.79 Å². The largest absolute Gasteiger partial charge is 0.463 e. The van der Waals surface area contributed by atoms with Gasteiger partial charge >= 0.3 is 5.97 Å². The van der Waals surface area contributed by atoms with Gasteiger partial charge in [-0.05, 0) is 66.7 Å². The van der Waals surface area contributed by atoms with Gasteiger partial charge in [-0.25, -0.2) is 4.79 Å². The average Bonchev–Trinajstić information content (AvgIpc) is 3.01. The van der Waals surface area contributed by atoms with Gasteiger partial charge in [0, 0.05) is 26.2 Å². The Bertz CT molecular complexity index is 856. The molecule has 0 radical (unpaired) electrons. The van der Waals surface area contributed by atoms with E-state index in [0.29, 0.717) is 6.61 Å². The summed E-state index contributed by atoms with van der Waals surface area (Å²) in [5, 5.41) is 1.15. The minimum absolute atomic E-state index is 0.309. The standard InChI is InChI=1S/C19H17NO2S2/c1-2-22-19(21)11-9-17-13-14-12-15(8-10-18(14)23-17)20-24-16-6-4-3-5-7-16/h3-13,20H,2H2,1H3/b11-9+. The van der Waals surface area contributed by atoms with Crippen molar-refractivity contribution in [3.05, 3.63) is 65.6 Å². The van der Waals surface area contributed by atoms with Crippen molar-refractivity contribution in [3.63, 3.8) is 0 Å². The highest BCUT2D eigenvalue weighted by Gasteiger charge is 2.03. The third kappa shape index (κ3) is 4.40. The maximum atomic E-state index is 11.4. The Hall–Kier alpha value is -2.24. The molecule has 0 fully saturated rings. The van der Waals surface area contributed by atoms with Gasteiger partial charge in [0.1, 0.15) is 0 Å². The van der Waals surface area contributed by atoms with E-state index < -0.39 is 0 Å². The van der Waals surface area contributed by atoms with E-state index in [-0.39, 0.29) is 5.97 Å². The van der Waals surface area contributed by atoms with Crippen molar-refractivity contribution in [2.24, 2.45) is 0 Å². The number of nitrogens with one attached hydrogen (secondary N) is 1. The van der Waals surface area contributed by atoms with E-state index in [4.69, 9.17) is 4.74 Å². The molecule has 5 heteroatoms. The molecule has 3 rings (SSSR count).